The van der Waals surface area contributed by atoms with E-state index in [9.17, 15) is 14.4 Å². The van der Waals surface area contributed by atoms with Crippen LogP contribution in [-0.2, 0) is 28.6 Å². The third-order valence-corrected chi connectivity index (χ3v) is 6.88. The van der Waals surface area contributed by atoms with E-state index >= 15 is 0 Å². The summed E-state index contributed by atoms with van der Waals surface area (Å²) in [5, 5.41) is 0. The molecule has 0 heterocycles. The summed E-state index contributed by atoms with van der Waals surface area (Å²) in [6, 6.07) is 0. The maximum absolute atomic E-state index is 13.0. The van der Waals surface area contributed by atoms with Crippen LogP contribution >= 0.6 is 0 Å². The zero-order valence-electron chi connectivity index (χ0n) is 18.4. The first-order valence-corrected chi connectivity index (χ1v) is 12.2. The van der Waals surface area contributed by atoms with Crippen molar-refractivity contribution < 1.29 is 28.6 Å². The van der Waals surface area contributed by atoms with E-state index in [0.717, 1.165) is 96.3 Å². The van der Waals surface area contributed by atoms with Gasteiger partial charge in [0, 0.05) is 0 Å². The predicted molar refractivity (Wildman–Crippen MR) is 112 cm³/mol. The van der Waals surface area contributed by atoms with Gasteiger partial charge in [-0.1, -0.05) is 26.2 Å². The minimum absolute atomic E-state index is 0.113. The molecule has 0 saturated heterocycles. The first kappa shape index (κ1) is 23.1. The van der Waals surface area contributed by atoms with Crippen molar-refractivity contribution in [1.82, 2.24) is 0 Å². The molecule has 0 amide bonds. The van der Waals surface area contributed by atoms with E-state index in [-0.39, 0.29) is 18.3 Å². The smallest absolute Gasteiger partial charge is 0.321 e. The summed E-state index contributed by atoms with van der Waals surface area (Å²) < 4.78 is 17.0. The lowest BCUT2D eigenvalue weighted by Crippen LogP contribution is -2.41. The van der Waals surface area contributed by atoms with Crippen LogP contribution in [0.25, 0.3) is 0 Å². The Hall–Kier alpha value is -1.59. The lowest BCUT2D eigenvalue weighted by Gasteiger charge is -2.29. The SMILES string of the molecule is CC(C(=O)OC1CCCCC1)C(C(=O)OC1CCCCC1)C(=O)OC1CCCCC1. The van der Waals surface area contributed by atoms with Gasteiger partial charge >= 0.3 is 17.9 Å². The first-order valence-electron chi connectivity index (χ1n) is 12.2. The molecule has 30 heavy (non-hydrogen) atoms. The summed E-state index contributed by atoms with van der Waals surface area (Å²) in [6.45, 7) is 1.60. The van der Waals surface area contributed by atoms with Gasteiger partial charge in [0.15, 0.2) is 5.92 Å². The Bertz CT molecular complexity index is 538. The maximum atomic E-state index is 13.0. The molecule has 0 N–H and O–H groups in total. The summed E-state index contributed by atoms with van der Waals surface area (Å²) >= 11 is 0. The van der Waals surface area contributed by atoms with Crippen LogP contribution in [0.2, 0.25) is 0 Å². The summed E-state index contributed by atoms with van der Waals surface area (Å²) in [5.74, 6) is -3.90. The summed E-state index contributed by atoms with van der Waals surface area (Å²) in [5.41, 5.74) is 0. The molecule has 6 nitrogen and oxygen atoms in total. The fourth-order valence-electron chi connectivity index (χ4n) is 4.94. The molecule has 0 aromatic heterocycles. The van der Waals surface area contributed by atoms with Gasteiger partial charge in [0.05, 0.1) is 5.92 Å². The van der Waals surface area contributed by atoms with Gasteiger partial charge in [0.1, 0.15) is 18.3 Å². The van der Waals surface area contributed by atoms with Crippen LogP contribution in [0, 0.1) is 11.8 Å². The fraction of sp³-hybridized carbons (Fsp3) is 0.875. The van der Waals surface area contributed by atoms with Gasteiger partial charge < -0.3 is 14.2 Å². The van der Waals surface area contributed by atoms with Gasteiger partial charge in [0.25, 0.3) is 0 Å². The molecule has 170 valence electrons. The Morgan fingerprint density at radius 2 is 0.833 bits per heavy atom. The summed E-state index contributed by atoms with van der Waals surface area (Å²) in [7, 11) is 0. The summed E-state index contributed by atoms with van der Waals surface area (Å²) in [6.07, 6.45) is 14.1. The molecule has 0 spiro atoms. The zero-order valence-corrected chi connectivity index (χ0v) is 18.4. The number of carbonyl (C=O) groups excluding carboxylic acids is 3. The molecule has 3 aliphatic rings. The van der Waals surface area contributed by atoms with Crippen LogP contribution in [0.3, 0.4) is 0 Å². The van der Waals surface area contributed by atoms with Gasteiger partial charge in [-0.15, -0.1) is 0 Å². The molecule has 6 heteroatoms. The van der Waals surface area contributed by atoms with Gasteiger partial charge in [0.2, 0.25) is 0 Å². The molecule has 0 aromatic rings. The number of carbonyl (C=O) groups is 3. The second-order valence-electron chi connectivity index (χ2n) is 9.36. The second kappa shape index (κ2) is 11.7. The standard InChI is InChI=1S/C24H38O6/c1-17(22(25)28-18-11-5-2-6-12-18)21(23(26)29-19-13-7-3-8-14-19)24(27)30-20-15-9-4-10-16-20/h17-21H,2-16H2,1H3. The highest BCUT2D eigenvalue weighted by Gasteiger charge is 2.42. The Morgan fingerprint density at radius 1 is 0.533 bits per heavy atom. The molecule has 3 rings (SSSR count). The van der Waals surface area contributed by atoms with Crippen LogP contribution in [-0.4, -0.2) is 36.2 Å². The Balaban J connectivity index is 1.65. The summed E-state index contributed by atoms with van der Waals surface area (Å²) in [4.78, 5) is 38.8. The van der Waals surface area contributed by atoms with E-state index in [1.807, 2.05) is 0 Å². The van der Waals surface area contributed by atoms with Crippen molar-refractivity contribution in [3.8, 4) is 0 Å². The van der Waals surface area contributed by atoms with Crippen LogP contribution in [0.15, 0.2) is 0 Å². The molecular weight excluding hydrogens is 384 g/mol. The lowest BCUT2D eigenvalue weighted by molar-refractivity contribution is -0.179. The largest absolute Gasteiger partial charge is 0.462 e. The highest BCUT2D eigenvalue weighted by Crippen LogP contribution is 2.28. The van der Waals surface area contributed by atoms with E-state index in [1.165, 1.54) is 0 Å². The number of esters is 3. The quantitative estimate of drug-likeness (QED) is 0.331. The average Bonchev–Trinajstić information content (AvgIpc) is 2.76. The number of hydrogen-bond donors (Lipinski definition) is 0. The van der Waals surface area contributed by atoms with Crippen LogP contribution in [0.5, 0.6) is 0 Å². The van der Waals surface area contributed by atoms with Gasteiger partial charge in [-0.05, 0) is 77.0 Å². The van der Waals surface area contributed by atoms with E-state index in [4.69, 9.17) is 14.2 Å². The van der Waals surface area contributed by atoms with Gasteiger partial charge in [-0.2, -0.15) is 0 Å². The van der Waals surface area contributed by atoms with Crippen molar-refractivity contribution in [2.75, 3.05) is 0 Å². The molecule has 3 fully saturated rings. The highest BCUT2D eigenvalue weighted by atomic mass is 16.6. The fourth-order valence-corrected chi connectivity index (χ4v) is 4.94. The van der Waals surface area contributed by atoms with Gasteiger partial charge in [-0.3, -0.25) is 14.4 Å². The molecule has 0 radical (unpaired) electrons. The molecule has 0 bridgehead atoms. The van der Waals surface area contributed by atoms with E-state index in [1.54, 1.807) is 6.92 Å². The lowest BCUT2D eigenvalue weighted by atomic mass is 9.92. The van der Waals surface area contributed by atoms with Gasteiger partial charge in [-0.25, -0.2) is 0 Å². The van der Waals surface area contributed by atoms with Crippen molar-refractivity contribution in [2.45, 2.75) is 122 Å². The van der Waals surface area contributed by atoms with E-state index in [0.29, 0.717) is 0 Å². The first-order chi connectivity index (χ1) is 14.5. The molecule has 0 aliphatic heterocycles. The minimum Gasteiger partial charge on any atom is -0.462 e. The zero-order chi connectivity index (χ0) is 21.3. The van der Waals surface area contributed by atoms with Crippen molar-refractivity contribution >= 4 is 17.9 Å². The average molecular weight is 423 g/mol. The predicted octanol–water partition coefficient (Wildman–Crippen LogP) is 4.87. The Kier molecular flexibility index (Phi) is 9.01. The monoisotopic (exact) mass is 422 g/mol. The van der Waals surface area contributed by atoms with Crippen LogP contribution in [0.1, 0.15) is 103 Å². The third-order valence-electron chi connectivity index (χ3n) is 6.88. The van der Waals surface area contributed by atoms with Crippen molar-refractivity contribution in [1.29, 1.82) is 0 Å². The van der Waals surface area contributed by atoms with E-state index in [2.05, 4.69) is 0 Å². The minimum atomic E-state index is -1.25. The maximum Gasteiger partial charge on any atom is 0.321 e. The van der Waals surface area contributed by atoms with Crippen molar-refractivity contribution in [3.05, 3.63) is 0 Å². The number of rotatable bonds is 7. The molecule has 1 atom stereocenters. The Labute approximate surface area is 180 Å². The molecule has 1 unspecified atom stereocenters. The number of hydrogen-bond acceptors (Lipinski definition) is 6. The second-order valence-corrected chi connectivity index (χ2v) is 9.36. The third kappa shape index (κ3) is 6.71. The van der Waals surface area contributed by atoms with Crippen LogP contribution in [0.4, 0.5) is 0 Å². The van der Waals surface area contributed by atoms with Crippen LogP contribution < -0.4 is 0 Å². The van der Waals surface area contributed by atoms with Crippen molar-refractivity contribution in [2.24, 2.45) is 11.8 Å². The highest BCUT2D eigenvalue weighted by molar-refractivity contribution is 5.99. The molecule has 3 saturated carbocycles. The normalized spacial score (nSPS) is 23.0. The topological polar surface area (TPSA) is 78.9 Å². The number of ether oxygens (including phenoxy) is 3. The molecule has 0 aromatic carbocycles. The van der Waals surface area contributed by atoms with Crippen molar-refractivity contribution in [3.63, 3.8) is 0 Å². The molecular formula is C24H38O6. The Morgan fingerprint density at radius 3 is 1.17 bits per heavy atom. The van der Waals surface area contributed by atoms with E-state index < -0.39 is 29.7 Å². The molecule has 3 aliphatic carbocycles.